The Kier molecular flexibility index (Phi) is 7.22. The first-order valence-corrected chi connectivity index (χ1v) is 15.1. The predicted octanol–water partition coefficient (Wildman–Crippen LogP) is 3.62. The molecule has 45 heavy (non-hydrogen) atoms. The Balaban J connectivity index is 1.18. The number of aromatic carboxylic acids is 1. The van der Waals surface area contributed by atoms with E-state index >= 15 is 4.39 Å². The first-order valence-electron chi connectivity index (χ1n) is 15.1. The molecule has 0 spiro atoms. The molecule has 4 heterocycles. The molecular formula is C32H33F2N5O6. The summed E-state index contributed by atoms with van der Waals surface area (Å²) in [7, 11) is 2.80. The van der Waals surface area contributed by atoms with E-state index in [1.165, 1.54) is 43.5 Å². The number of pyridine rings is 1. The number of carbonyl (C=O) groups excluding carboxylic acids is 1. The van der Waals surface area contributed by atoms with E-state index in [0.717, 1.165) is 38.3 Å². The maximum atomic E-state index is 16.0. The molecule has 0 unspecified atom stereocenters. The Hall–Kier alpha value is -4.52. The van der Waals surface area contributed by atoms with Gasteiger partial charge in [-0.3, -0.25) is 14.5 Å². The zero-order valence-electron chi connectivity index (χ0n) is 25.0. The number of piperidine rings is 1. The van der Waals surface area contributed by atoms with Crippen LogP contribution in [0.5, 0.6) is 5.75 Å². The molecule has 2 saturated heterocycles. The molecule has 1 saturated carbocycles. The molecule has 1 aliphatic carbocycles. The fourth-order valence-electron chi connectivity index (χ4n) is 7.37. The number of likely N-dealkylation sites (tertiary alicyclic amines) is 1. The molecular weight excluding hydrogens is 588 g/mol. The van der Waals surface area contributed by atoms with Crippen LogP contribution in [-0.4, -0.2) is 85.1 Å². The van der Waals surface area contributed by atoms with Crippen LogP contribution in [0.3, 0.4) is 0 Å². The van der Waals surface area contributed by atoms with Gasteiger partial charge in [0.25, 0.3) is 5.91 Å². The van der Waals surface area contributed by atoms with Gasteiger partial charge in [-0.1, -0.05) is 5.16 Å². The highest BCUT2D eigenvalue weighted by molar-refractivity contribution is 6.54. The van der Waals surface area contributed by atoms with Crippen molar-refractivity contribution in [2.75, 3.05) is 56.7 Å². The Bertz CT molecular complexity index is 1820. The van der Waals surface area contributed by atoms with Crippen molar-refractivity contribution in [2.24, 2.45) is 11.1 Å². The Morgan fingerprint density at radius 1 is 1.09 bits per heavy atom. The number of rotatable bonds is 8. The standard InChI is InChI=1S/C32H33F2N5O6/c1-44-30-27-21(29(40)22(32(42)43)15-39(27)19-6-7-19)13-23(34)28(30)37-14-17-4-3-9-36(25(17)16-37)10-11-38-24-12-18(33)5-8-20(24)26(31(38)41)35-45-2/h5,8,12-13,15,17,19,25H,3-4,6-7,9-11,14,16H2,1-2H3,(H,42,43)/b35-26-/t17-,25+/m0/s1. The van der Waals surface area contributed by atoms with Crippen LogP contribution in [0.4, 0.5) is 20.2 Å². The molecule has 7 rings (SSSR count). The highest BCUT2D eigenvalue weighted by Crippen LogP contribution is 2.45. The largest absolute Gasteiger partial charge is 0.492 e. The lowest BCUT2D eigenvalue weighted by atomic mass is 9.92. The topological polar surface area (TPSA) is 117 Å². The minimum Gasteiger partial charge on any atom is -0.492 e. The van der Waals surface area contributed by atoms with Crippen molar-refractivity contribution in [3.63, 3.8) is 0 Å². The number of anilines is 2. The lowest BCUT2D eigenvalue weighted by Gasteiger charge is -2.37. The molecule has 11 nitrogen and oxygen atoms in total. The number of ether oxygens (including phenoxy) is 1. The summed E-state index contributed by atoms with van der Waals surface area (Å²) >= 11 is 0. The van der Waals surface area contributed by atoms with E-state index in [1.54, 1.807) is 4.57 Å². The van der Waals surface area contributed by atoms with E-state index in [-0.39, 0.29) is 46.4 Å². The number of oxime groups is 1. The molecule has 1 amide bonds. The predicted molar refractivity (Wildman–Crippen MR) is 163 cm³/mol. The molecule has 0 radical (unpaired) electrons. The minimum absolute atomic E-state index is 0.0106. The van der Waals surface area contributed by atoms with Crippen LogP contribution in [-0.2, 0) is 9.63 Å². The third kappa shape index (κ3) is 4.80. The lowest BCUT2D eigenvalue weighted by molar-refractivity contribution is -0.112. The molecule has 1 N–H and O–H groups in total. The second kappa shape index (κ2) is 11.1. The number of carboxylic acid groups (broad SMARTS) is 1. The van der Waals surface area contributed by atoms with E-state index in [0.29, 0.717) is 42.9 Å². The van der Waals surface area contributed by atoms with Crippen LogP contribution < -0.4 is 20.0 Å². The van der Waals surface area contributed by atoms with Gasteiger partial charge < -0.3 is 29.0 Å². The fourth-order valence-corrected chi connectivity index (χ4v) is 7.37. The fraction of sp³-hybridized carbons (Fsp3) is 0.438. The maximum absolute atomic E-state index is 16.0. The summed E-state index contributed by atoms with van der Waals surface area (Å²) in [6.07, 6.45) is 4.88. The van der Waals surface area contributed by atoms with Crippen LogP contribution >= 0.6 is 0 Å². The average molecular weight is 622 g/mol. The number of nitrogens with zero attached hydrogens (tertiary/aromatic N) is 5. The Labute approximate surface area is 257 Å². The summed E-state index contributed by atoms with van der Waals surface area (Å²) in [5.41, 5.74) is 0.639. The third-order valence-corrected chi connectivity index (χ3v) is 9.53. The van der Waals surface area contributed by atoms with Crippen molar-refractivity contribution < 1.29 is 33.1 Å². The molecule has 4 aliphatic rings. The maximum Gasteiger partial charge on any atom is 0.341 e. The highest BCUT2D eigenvalue weighted by atomic mass is 19.1. The monoisotopic (exact) mass is 621 g/mol. The Morgan fingerprint density at radius 3 is 2.60 bits per heavy atom. The average Bonchev–Trinajstić information content (AvgIpc) is 3.72. The number of carboxylic acids is 1. The van der Waals surface area contributed by atoms with Crippen molar-refractivity contribution in [1.82, 2.24) is 9.47 Å². The summed E-state index contributed by atoms with van der Waals surface area (Å²) in [5, 5.41) is 13.5. The van der Waals surface area contributed by atoms with Gasteiger partial charge in [0.05, 0.1) is 23.7 Å². The Morgan fingerprint density at radius 2 is 1.89 bits per heavy atom. The van der Waals surface area contributed by atoms with E-state index in [9.17, 15) is 23.9 Å². The van der Waals surface area contributed by atoms with Gasteiger partial charge in [0.1, 0.15) is 24.2 Å². The number of halogens is 2. The van der Waals surface area contributed by atoms with E-state index in [2.05, 4.69) is 10.1 Å². The van der Waals surface area contributed by atoms with Crippen LogP contribution in [0.1, 0.15) is 47.6 Å². The summed E-state index contributed by atoms with van der Waals surface area (Å²) in [4.78, 5) is 48.9. The number of benzene rings is 2. The van der Waals surface area contributed by atoms with E-state index in [4.69, 9.17) is 9.57 Å². The quantitative estimate of drug-likeness (QED) is 0.380. The smallest absolute Gasteiger partial charge is 0.341 e. The second-order valence-electron chi connectivity index (χ2n) is 12.1. The first-order chi connectivity index (χ1) is 21.7. The molecule has 2 atom stereocenters. The molecule has 236 valence electrons. The molecule has 0 bridgehead atoms. The van der Waals surface area contributed by atoms with E-state index in [1.807, 2.05) is 4.90 Å². The van der Waals surface area contributed by atoms with Crippen molar-refractivity contribution in [1.29, 1.82) is 0 Å². The van der Waals surface area contributed by atoms with Gasteiger partial charge in [0, 0.05) is 50.0 Å². The molecule has 2 aromatic carbocycles. The number of fused-ring (bicyclic) bond motifs is 3. The van der Waals surface area contributed by atoms with Gasteiger partial charge in [-0.2, -0.15) is 0 Å². The van der Waals surface area contributed by atoms with Gasteiger partial charge in [-0.15, -0.1) is 0 Å². The normalized spacial score (nSPS) is 22.3. The van der Waals surface area contributed by atoms with Gasteiger partial charge >= 0.3 is 5.97 Å². The number of carbonyl (C=O) groups is 2. The van der Waals surface area contributed by atoms with Gasteiger partial charge in [0.15, 0.2) is 17.3 Å². The zero-order valence-corrected chi connectivity index (χ0v) is 25.0. The van der Waals surface area contributed by atoms with Gasteiger partial charge in [-0.05, 0) is 62.4 Å². The van der Waals surface area contributed by atoms with Crippen molar-refractivity contribution in [2.45, 2.75) is 37.8 Å². The highest BCUT2D eigenvalue weighted by Gasteiger charge is 2.42. The first kappa shape index (κ1) is 29.2. The molecule has 1 aromatic heterocycles. The van der Waals surface area contributed by atoms with Crippen molar-refractivity contribution in [3.05, 3.63) is 63.4 Å². The van der Waals surface area contributed by atoms with Crippen LogP contribution in [0.25, 0.3) is 10.9 Å². The van der Waals surface area contributed by atoms with Crippen molar-refractivity contribution in [3.8, 4) is 5.75 Å². The summed E-state index contributed by atoms with van der Waals surface area (Å²) in [6, 6.07) is 5.38. The SMILES string of the molecule is CO/N=C1\C(=O)N(CCN2CCC[C@H]3CN(c4c(F)cc5c(=O)c(C(=O)O)cn(C6CC6)c5c4OC)C[C@H]32)c2cc(F)ccc21. The van der Waals surface area contributed by atoms with Gasteiger partial charge in [0.2, 0.25) is 5.43 Å². The van der Waals surface area contributed by atoms with Crippen LogP contribution in [0.15, 0.2) is 40.4 Å². The summed E-state index contributed by atoms with van der Waals surface area (Å²) < 4.78 is 37.7. The minimum atomic E-state index is -1.35. The molecule has 3 aliphatic heterocycles. The summed E-state index contributed by atoms with van der Waals surface area (Å²) in [5.74, 6) is -2.35. The number of aromatic nitrogens is 1. The number of hydrogen-bond donors (Lipinski definition) is 1. The molecule has 3 fully saturated rings. The van der Waals surface area contributed by atoms with E-state index < -0.39 is 28.6 Å². The zero-order chi connectivity index (χ0) is 31.6. The number of methoxy groups -OCH3 is 1. The summed E-state index contributed by atoms with van der Waals surface area (Å²) in [6.45, 7) is 2.70. The molecule has 3 aromatic rings. The molecule has 13 heteroatoms. The lowest BCUT2D eigenvalue weighted by Crippen LogP contribution is -2.48. The number of hydrogen-bond acceptors (Lipinski definition) is 8. The van der Waals surface area contributed by atoms with Crippen LogP contribution in [0.2, 0.25) is 0 Å². The third-order valence-electron chi connectivity index (χ3n) is 9.53. The van der Waals surface area contributed by atoms with Crippen LogP contribution in [0, 0.1) is 17.6 Å². The van der Waals surface area contributed by atoms with Gasteiger partial charge in [-0.25, -0.2) is 13.6 Å². The second-order valence-corrected chi connectivity index (χ2v) is 12.1. The van der Waals surface area contributed by atoms with Crippen molar-refractivity contribution >= 4 is 39.9 Å². The number of amides is 1.